The van der Waals surface area contributed by atoms with E-state index in [1.54, 1.807) is 30.2 Å². The Balaban J connectivity index is 1.45. The Morgan fingerprint density at radius 2 is 1.72 bits per heavy atom. The lowest BCUT2D eigenvalue weighted by Gasteiger charge is -2.37. The highest BCUT2D eigenvalue weighted by atomic mass is 16.5. The van der Waals surface area contributed by atoms with Gasteiger partial charge < -0.3 is 19.5 Å². The maximum Gasteiger partial charge on any atom is 0.259 e. The number of benzene rings is 1. The smallest absolute Gasteiger partial charge is 0.259 e. The fraction of sp³-hybridized carbons (Fsp3) is 0.500. The van der Waals surface area contributed by atoms with Crippen LogP contribution in [-0.2, 0) is 4.79 Å². The number of hydrogen-bond donors (Lipinski definition) is 1. The Hall–Kier alpha value is -2.83. The average Bonchev–Trinajstić information content (AvgIpc) is 2.79. The molecule has 1 aliphatic heterocycles. The molecule has 4 rings (SSSR count). The maximum atomic E-state index is 12.9. The van der Waals surface area contributed by atoms with Crippen LogP contribution in [0.2, 0.25) is 0 Å². The summed E-state index contributed by atoms with van der Waals surface area (Å²) in [6, 6.07) is 5.12. The molecule has 7 heteroatoms. The summed E-state index contributed by atoms with van der Waals surface area (Å²) in [5.74, 6) is 0.736. The molecule has 1 aromatic heterocycles. The minimum absolute atomic E-state index is 0.134. The number of aromatic nitrogens is 1. The van der Waals surface area contributed by atoms with Crippen molar-refractivity contribution in [1.29, 1.82) is 0 Å². The molecule has 1 aromatic carbocycles. The summed E-state index contributed by atoms with van der Waals surface area (Å²) in [4.78, 5) is 45.1. The SMILES string of the molecule is COc1ccc2c(=O)c(C(=O)N3CCN(C(=O)C4CCCCC4)CC3)c[nH]c2c1. The highest BCUT2D eigenvalue weighted by Gasteiger charge is 2.30. The number of nitrogens with zero attached hydrogens (tertiary/aromatic N) is 2. The van der Waals surface area contributed by atoms with Crippen molar-refractivity contribution in [2.45, 2.75) is 32.1 Å². The van der Waals surface area contributed by atoms with Crippen molar-refractivity contribution in [1.82, 2.24) is 14.8 Å². The number of carbonyl (C=O) groups is 2. The number of piperazine rings is 1. The standard InChI is InChI=1S/C22H27N3O4/c1-29-16-7-8-17-19(13-16)23-14-18(20(17)26)22(28)25-11-9-24(10-12-25)21(27)15-5-3-2-4-6-15/h7-8,13-15H,2-6,9-12H2,1H3,(H,23,26). The van der Waals surface area contributed by atoms with E-state index in [1.807, 2.05) is 4.90 Å². The number of nitrogens with one attached hydrogen (secondary N) is 1. The van der Waals surface area contributed by atoms with Gasteiger partial charge in [0, 0.05) is 49.7 Å². The van der Waals surface area contributed by atoms with Gasteiger partial charge in [0.15, 0.2) is 0 Å². The van der Waals surface area contributed by atoms with Crippen LogP contribution in [0.4, 0.5) is 0 Å². The minimum atomic E-state index is -0.285. The first kappa shape index (κ1) is 19.5. The highest BCUT2D eigenvalue weighted by Crippen LogP contribution is 2.26. The Kier molecular flexibility index (Phi) is 5.56. The molecule has 1 N–H and O–H groups in total. The van der Waals surface area contributed by atoms with Crippen molar-refractivity contribution < 1.29 is 14.3 Å². The first-order chi connectivity index (χ1) is 14.1. The number of amides is 2. The van der Waals surface area contributed by atoms with Gasteiger partial charge in [-0.3, -0.25) is 14.4 Å². The number of carbonyl (C=O) groups excluding carboxylic acids is 2. The molecule has 2 amide bonds. The van der Waals surface area contributed by atoms with E-state index in [4.69, 9.17) is 4.74 Å². The van der Waals surface area contributed by atoms with Crippen molar-refractivity contribution >= 4 is 22.7 Å². The Morgan fingerprint density at radius 1 is 1.03 bits per heavy atom. The van der Waals surface area contributed by atoms with Crippen LogP contribution in [-0.4, -0.2) is 59.9 Å². The second-order valence-corrected chi connectivity index (χ2v) is 7.90. The molecule has 1 aliphatic carbocycles. The molecule has 7 nitrogen and oxygen atoms in total. The molecule has 0 unspecified atom stereocenters. The minimum Gasteiger partial charge on any atom is -0.497 e. The van der Waals surface area contributed by atoms with E-state index < -0.39 is 0 Å². The van der Waals surface area contributed by atoms with Crippen LogP contribution in [0.15, 0.2) is 29.2 Å². The van der Waals surface area contributed by atoms with Crippen molar-refractivity contribution in [2.75, 3.05) is 33.3 Å². The fourth-order valence-electron chi connectivity index (χ4n) is 4.40. The van der Waals surface area contributed by atoms with Crippen LogP contribution in [0.25, 0.3) is 10.9 Å². The summed E-state index contributed by atoms with van der Waals surface area (Å²) < 4.78 is 5.18. The van der Waals surface area contributed by atoms with Gasteiger partial charge in [-0.05, 0) is 25.0 Å². The van der Waals surface area contributed by atoms with Crippen molar-refractivity contribution in [3.05, 3.63) is 40.2 Å². The largest absolute Gasteiger partial charge is 0.497 e. The first-order valence-corrected chi connectivity index (χ1v) is 10.4. The predicted molar refractivity (Wildman–Crippen MR) is 110 cm³/mol. The molecule has 0 spiro atoms. The third-order valence-electron chi connectivity index (χ3n) is 6.15. The molecular weight excluding hydrogens is 370 g/mol. The maximum absolute atomic E-state index is 12.9. The average molecular weight is 397 g/mol. The molecule has 2 heterocycles. The Bertz CT molecular complexity index is 970. The second-order valence-electron chi connectivity index (χ2n) is 7.90. The van der Waals surface area contributed by atoms with Gasteiger partial charge in [0.2, 0.25) is 11.3 Å². The van der Waals surface area contributed by atoms with E-state index >= 15 is 0 Å². The molecule has 154 valence electrons. The number of hydrogen-bond acceptors (Lipinski definition) is 4. The van der Waals surface area contributed by atoms with Gasteiger partial charge in [0.1, 0.15) is 11.3 Å². The number of fused-ring (bicyclic) bond motifs is 1. The number of pyridine rings is 1. The summed E-state index contributed by atoms with van der Waals surface area (Å²) in [5, 5.41) is 0.461. The zero-order valence-corrected chi connectivity index (χ0v) is 16.8. The lowest BCUT2D eigenvalue weighted by Crippen LogP contribution is -2.52. The lowest BCUT2D eigenvalue weighted by atomic mass is 9.88. The van der Waals surface area contributed by atoms with E-state index in [9.17, 15) is 14.4 Å². The van der Waals surface area contributed by atoms with E-state index in [1.165, 1.54) is 12.6 Å². The van der Waals surface area contributed by atoms with Gasteiger partial charge >= 0.3 is 0 Å². The quantitative estimate of drug-likeness (QED) is 0.862. The van der Waals surface area contributed by atoms with Crippen LogP contribution < -0.4 is 10.2 Å². The molecule has 0 atom stereocenters. The zero-order valence-electron chi connectivity index (χ0n) is 16.8. The molecule has 1 saturated carbocycles. The summed E-state index contributed by atoms with van der Waals surface area (Å²) >= 11 is 0. The molecule has 0 bridgehead atoms. The summed E-state index contributed by atoms with van der Waals surface area (Å²) in [7, 11) is 1.57. The molecule has 1 saturated heterocycles. The van der Waals surface area contributed by atoms with Gasteiger partial charge in [-0.25, -0.2) is 0 Å². The summed E-state index contributed by atoms with van der Waals surface area (Å²) in [5.41, 5.74) is 0.482. The highest BCUT2D eigenvalue weighted by molar-refractivity contribution is 5.97. The van der Waals surface area contributed by atoms with Crippen LogP contribution in [0, 0.1) is 5.92 Å². The number of ether oxygens (including phenoxy) is 1. The van der Waals surface area contributed by atoms with Crippen LogP contribution in [0.1, 0.15) is 42.5 Å². The Morgan fingerprint density at radius 3 is 2.41 bits per heavy atom. The van der Waals surface area contributed by atoms with Gasteiger partial charge in [-0.15, -0.1) is 0 Å². The molecular formula is C22H27N3O4. The van der Waals surface area contributed by atoms with Crippen LogP contribution >= 0.6 is 0 Å². The van der Waals surface area contributed by atoms with E-state index in [0.717, 1.165) is 25.7 Å². The van der Waals surface area contributed by atoms with Crippen LogP contribution in [0.5, 0.6) is 5.75 Å². The first-order valence-electron chi connectivity index (χ1n) is 10.4. The topological polar surface area (TPSA) is 82.7 Å². The fourth-order valence-corrected chi connectivity index (χ4v) is 4.40. The van der Waals surface area contributed by atoms with E-state index in [2.05, 4.69) is 4.98 Å². The summed E-state index contributed by atoms with van der Waals surface area (Å²) in [6.07, 6.45) is 6.92. The van der Waals surface area contributed by atoms with Crippen molar-refractivity contribution in [2.24, 2.45) is 5.92 Å². The van der Waals surface area contributed by atoms with Gasteiger partial charge in [-0.1, -0.05) is 19.3 Å². The number of H-pyrrole nitrogens is 1. The molecule has 29 heavy (non-hydrogen) atoms. The van der Waals surface area contributed by atoms with Gasteiger partial charge in [0.05, 0.1) is 12.6 Å². The van der Waals surface area contributed by atoms with Gasteiger partial charge in [-0.2, -0.15) is 0 Å². The monoisotopic (exact) mass is 397 g/mol. The molecule has 2 aliphatic rings. The van der Waals surface area contributed by atoms with Crippen LogP contribution in [0.3, 0.4) is 0 Å². The normalized spacial score (nSPS) is 18.1. The van der Waals surface area contributed by atoms with E-state index in [0.29, 0.717) is 42.8 Å². The third-order valence-corrected chi connectivity index (χ3v) is 6.15. The predicted octanol–water partition coefficient (Wildman–Crippen LogP) is 2.40. The third kappa shape index (κ3) is 3.86. The van der Waals surface area contributed by atoms with Crippen molar-refractivity contribution in [3.63, 3.8) is 0 Å². The van der Waals surface area contributed by atoms with Gasteiger partial charge in [0.25, 0.3) is 5.91 Å². The zero-order chi connectivity index (χ0) is 20.4. The molecule has 0 radical (unpaired) electrons. The van der Waals surface area contributed by atoms with Crippen molar-refractivity contribution in [3.8, 4) is 5.75 Å². The second kappa shape index (κ2) is 8.27. The molecule has 2 fully saturated rings. The number of rotatable bonds is 3. The Labute approximate surface area is 169 Å². The number of methoxy groups -OCH3 is 1. The number of aromatic amines is 1. The summed E-state index contributed by atoms with van der Waals surface area (Å²) in [6.45, 7) is 1.97. The molecule has 2 aromatic rings. The van der Waals surface area contributed by atoms with E-state index in [-0.39, 0.29) is 28.7 Å². The lowest BCUT2D eigenvalue weighted by molar-refractivity contribution is -0.138.